The molecule has 0 aliphatic carbocycles. The van der Waals surface area contributed by atoms with Crippen molar-refractivity contribution in [2.75, 3.05) is 33.4 Å². The lowest BCUT2D eigenvalue weighted by Gasteiger charge is -2.36. The zero-order valence-corrected chi connectivity index (χ0v) is 22.2. The lowest BCUT2D eigenvalue weighted by Crippen LogP contribution is -2.48. The maximum absolute atomic E-state index is 13.0. The number of morpholine rings is 1. The van der Waals surface area contributed by atoms with E-state index in [4.69, 9.17) is 14.2 Å². The highest BCUT2D eigenvalue weighted by molar-refractivity contribution is 8.16. The third-order valence-corrected chi connectivity index (χ3v) is 7.35. The largest absolute Gasteiger partial charge is 0.489 e. The number of esters is 1. The highest BCUT2D eigenvalue weighted by atomic mass is 32.2. The molecule has 0 radical (unpaired) electrons. The minimum absolute atomic E-state index is 0.135. The second-order valence-electron chi connectivity index (χ2n) is 9.04. The molecule has 0 aromatic heterocycles. The summed E-state index contributed by atoms with van der Waals surface area (Å²) in [6.45, 7) is 4.68. The average Bonchev–Trinajstić information content (AvgIpc) is 3.33. The number of rotatable bonds is 8. The smallest absolute Gasteiger partial charge is 0.338 e. The molecule has 0 spiro atoms. The van der Waals surface area contributed by atoms with E-state index in [2.05, 4.69) is 10.4 Å². The van der Waals surface area contributed by atoms with E-state index in [0.717, 1.165) is 16.8 Å². The molecule has 198 valence electrons. The molecule has 0 saturated carbocycles. The van der Waals surface area contributed by atoms with Gasteiger partial charge in [-0.1, -0.05) is 54.2 Å². The Kier molecular flexibility index (Phi) is 8.11. The summed E-state index contributed by atoms with van der Waals surface area (Å²) in [5, 5.41) is 4.51. The Bertz CT molecular complexity index is 1290. The second kappa shape index (κ2) is 11.8. The van der Waals surface area contributed by atoms with E-state index in [1.54, 1.807) is 0 Å². The summed E-state index contributed by atoms with van der Waals surface area (Å²) in [7, 11) is 1.36. The van der Waals surface area contributed by atoms with Crippen molar-refractivity contribution >= 4 is 28.8 Å². The number of hydrazine groups is 1. The van der Waals surface area contributed by atoms with Gasteiger partial charge in [0.05, 0.1) is 44.1 Å². The number of carbonyl (C=O) groups excluding carboxylic acids is 2. The number of benzene rings is 2. The van der Waals surface area contributed by atoms with E-state index in [1.165, 1.54) is 18.9 Å². The number of amidine groups is 1. The molecule has 9 nitrogen and oxygen atoms in total. The first-order valence-corrected chi connectivity index (χ1v) is 13.3. The number of fused-ring (bicyclic) bond motifs is 1. The maximum atomic E-state index is 13.0. The van der Waals surface area contributed by atoms with Gasteiger partial charge in [0.1, 0.15) is 12.4 Å². The predicted molar refractivity (Wildman–Crippen MR) is 145 cm³/mol. The van der Waals surface area contributed by atoms with Crippen LogP contribution in [-0.4, -0.2) is 60.4 Å². The van der Waals surface area contributed by atoms with Gasteiger partial charge in [0.2, 0.25) is 5.91 Å². The van der Waals surface area contributed by atoms with Gasteiger partial charge in [-0.2, -0.15) is 0 Å². The molecule has 5 rings (SSSR count). The predicted octanol–water partition coefficient (Wildman–Crippen LogP) is 3.77. The number of nitrogens with one attached hydrogen (secondary N) is 1. The summed E-state index contributed by atoms with van der Waals surface area (Å²) < 4.78 is 16.6. The van der Waals surface area contributed by atoms with Crippen LogP contribution >= 0.6 is 11.8 Å². The Morgan fingerprint density at radius 2 is 1.92 bits per heavy atom. The first-order chi connectivity index (χ1) is 18.5. The Hall–Kier alpha value is -3.60. The van der Waals surface area contributed by atoms with Crippen molar-refractivity contribution in [3.05, 3.63) is 88.1 Å². The van der Waals surface area contributed by atoms with Crippen molar-refractivity contribution in [2.45, 2.75) is 26.0 Å². The van der Waals surface area contributed by atoms with Crippen LogP contribution < -0.4 is 10.2 Å². The molecule has 1 N–H and O–H groups in total. The summed E-state index contributed by atoms with van der Waals surface area (Å²) in [4.78, 5) is 32.6. The number of hydrogen-bond donors (Lipinski definition) is 1. The Labute approximate surface area is 226 Å². The summed E-state index contributed by atoms with van der Waals surface area (Å²) in [5.41, 5.74) is 6.64. The fourth-order valence-electron chi connectivity index (χ4n) is 4.63. The molecule has 10 heteroatoms. The molecule has 1 atom stereocenters. The van der Waals surface area contributed by atoms with Crippen LogP contribution in [0.4, 0.5) is 0 Å². The Morgan fingerprint density at radius 3 is 2.68 bits per heavy atom. The van der Waals surface area contributed by atoms with Crippen molar-refractivity contribution in [1.29, 1.82) is 0 Å². The Morgan fingerprint density at radius 1 is 1.13 bits per heavy atom. The molecule has 1 amide bonds. The van der Waals surface area contributed by atoms with Crippen LogP contribution in [0.15, 0.2) is 82.0 Å². The van der Waals surface area contributed by atoms with Gasteiger partial charge in [-0.25, -0.2) is 14.8 Å². The van der Waals surface area contributed by atoms with E-state index >= 15 is 0 Å². The van der Waals surface area contributed by atoms with E-state index in [-0.39, 0.29) is 12.3 Å². The van der Waals surface area contributed by atoms with Crippen LogP contribution in [-0.2, 0) is 25.7 Å². The van der Waals surface area contributed by atoms with E-state index in [0.29, 0.717) is 55.1 Å². The molecule has 3 heterocycles. The molecule has 3 aliphatic rings. The number of carbonyl (C=O) groups is 2. The molecule has 0 bridgehead atoms. The fourth-order valence-corrected chi connectivity index (χ4v) is 5.59. The van der Waals surface area contributed by atoms with Gasteiger partial charge < -0.3 is 19.1 Å². The van der Waals surface area contributed by atoms with Crippen molar-refractivity contribution in [2.24, 2.45) is 4.99 Å². The van der Waals surface area contributed by atoms with Gasteiger partial charge in [-0.05, 0) is 35.6 Å². The quantitative estimate of drug-likeness (QED) is 0.512. The summed E-state index contributed by atoms with van der Waals surface area (Å²) >= 11 is 1.44. The SMILES string of the molecule is COC(=O)C1=C(C)N=C2SC=C(CC(=O)NN3CCOCC3)N2C1c1cccc(OCc2ccccc2)c1. The minimum Gasteiger partial charge on any atom is -0.489 e. The Balaban J connectivity index is 1.41. The zero-order chi connectivity index (χ0) is 26.5. The standard InChI is InChI=1S/C28H30N4O5S/c1-19-25(27(34)35-2)26(21-9-6-10-23(15-21)37-17-20-7-4-3-5-8-20)32-22(18-38-28(32)29-19)16-24(33)30-31-11-13-36-14-12-31/h3-10,15,18,26H,11-14,16-17H2,1-2H3,(H,30,33). The van der Waals surface area contributed by atoms with Crippen molar-refractivity contribution in [1.82, 2.24) is 15.3 Å². The molecule has 1 fully saturated rings. The maximum Gasteiger partial charge on any atom is 0.338 e. The summed E-state index contributed by atoms with van der Waals surface area (Å²) in [6.07, 6.45) is 0.136. The van der Waals surface area contributed by atoms with Gasteiger partial charge in [0.25, 0.3) is 0 Å². The number of nitrogens with zero attached hydrogens (tertiary/aromatic N) is 3. The summed E-state index contributed by atoms with van der Waals surface area (Å²) in [6, 6.07) is 17.1. The topological polar surface area (TPSA) is 92.7 Å². The van der Waals surface area contributed by atoms with Crippen LogP contribution in [0.25, 0.3) is 0 Å². The third kappa shape index (κ3) is 5.77. The highest BCUT2D eigenvalue weighted by Crippen LogP contribution is 2.45. The second-order valence-corrected chi connectivity index (χ2v) is 9.88. The first-order valence-electron chi connectivity index (χ1n) is 12.4. The van der Waals surface area contributed by atoms with Crippen molar-refractivity contribution in [3.63, 3.8) is 0 Å². The number of methoxy groups -OCH3 is 1. The number of ether oxygens (including phenoxy) is 3. The number of hydrogen-bond acceptors (Lipinski definition) is 9. The van der Waals surface area contributed by atoms with Gasteiger partial charge >= 0.3 is 5.97 Å². The normalized spacial score (nSPS) is 19.4. The van der Waals surface area contributed by atoms with E-state index in [9.17, 15) is 9.59 Å². The lowest BCUT2D eigenvalue weighted by atomic mass is 9.93. The summed E-state index contributed by atoms with van der Waals surface area (Å²) in [5.74, 6) is 0.0873. The first kappa shape index (κ1) is 26.0. The molecule has 38 heavy (non-hydrogen) atoms. The van der Waals surface area contributed by atoms with E-state index in [1.807, 2.05) is 76.8 Å². The molecule has 2 aromatic carbocycles. The highest BCUT2D eigenvalue weighted by Gasteiger charge is 2.41. The van der Waals surface area contributed by atoms with E-state index < -0.39 is 12.0 Å². The van der Waals surface area contributed by atoms with Crippen LogP contribution in [0.2, 0.25) is 0 Å². The molecule has 2 aromatic rings. The molecular formula is C28H30N4O5S. The average molecular weight is 535 g/mol. The van der Waals surface area contributed by atoms with Crippen LogP contribution in [0.1, 0.15) is 30.5 Å². The number of thioether (sulfide) groups is 1. The van der Waals surface area contributed by atoms with Crippen LogP contribution in [0, 0.1) is 0 Å². The fraction of sp³-hybridized carbons (Fsp3) is 0.321. The third-order valence-electron chi connectivity index (χ3n) is 6.46. The van der Waals surface area contributed by atoms with Crippen LogP contribution in [0.5, 0.6) is 5.75 Å². The molecule has 3 aliphatic heterocycles. The van der Waals surface area contributed by atoms with Crippen molar-refractivity contribution < 1.29 is 23.8 Å². The van der Waals surface area contributed by atoms with Gasteiger partial charge in [-0.15, -0.1) is 0 Å². The monoisotopic (exact) mass is 534 g/mol. The molecule has 1 saturated heterocycles. The minimum atomic E-state index is -0.521. The number of amides is 1. The van der Waals surface area contributed by atoms with Crippen LogP contribution in [0.3, 0.4) is 0 Å². The molecule has 1 unspecified atom stereocenters. The van der Waals surface area contributed by atoms with Gasteiger partial charge in [-0.3, -0.25) is 10.2 Å². The number of allylic oxidation sites excluding steroid dienone is 1. The van der Waals surface area contributed by atoms with Gasteiger partial charge in [0, 0.05) is 18.8 Å². The molecular weight excluding hydrogens is 504 g/mol. The van der Waals surface area contributed by atoms with Gasteiger partial charge in [0.15, 0.2) is 5.17 Å². The zero-order valence-electron chi connectivity index (χ0n) is 21.4. The number of aliphatic imine (C=N–C) groups is 1. The van der Waals surface area contributed by atoms with Crippen molar-refractivity contribution in [3.8, 4) is 5.75 Å². The lowest BCUT2D eigenvalue weighted by molar-refractivity contribution is -0.136.